The predicted molar refractivity (Wildman–Crippen MR) is 63.9 cm³/mol. The normalized spacial score (nSPS) is 20.5. The van der Waals surface area contributed by atoms with Crippen LogP contribution < -0.4 is 5.32 Å². The molecule has 0 amide bonds. The van der Waals surface area contributed by atoms with E-state index in [9.17, 15) is 0 Å². The molecule has 0 saturated carbocycles. The molecule has 1 heterocycles. The van der Waals surface area contributed by atoms with Crippen molar-refractivity contribution < 1.29 is 4.74 Å². The van der Waals surface area contributed by atoms with Crippen LogP contribution in [0.4, 0.5) is 5.69 Å². The van der Waals surface area contributed by atoms with Gasteiger partial charge >= 0.3 is 0 Å². The molecule has 82 valence electrons. The first-order chi connectivity index (χ1) is 7.27. The zero-order valence-electron chi connectivity index (χ0n) is 8.30. The van der Waals surface area contributed by atoms with Crippen LogP contribution in [-0.4, -0.2) is 19.3 Å². The molecule has 2 nitrogen and oxygen atoms in total. The first-order valence-corrected chi connectivity index (χ1v) is 5.82. The molecule has 1 aromatic rings. The minimum Gasteiger partial charge on any atom is -0.380 e. The van der Waals surface area contributed by atoms with Crippen molar-refractivity contribution in [3.63, 3.8) is 0 Å². The van der Waals surface area contributed by atoms with E-state index in [2.05, 4.69) is 5.32 Å². The molecular formula is C11H13Cl2NO. The van der Waals surface area contributed by atoms with Gasteiger partial charge in [0.15, 0.2) is 0 Å². The highest BCUT2D eigenvalue weighted by atomic mass is 35.5. The van der Waals surface area contributed by atoms with Gasteiger partial charge in [-0.05, 0) is 25.0 Å². The topological polar surface area (TPSA) is 21.3 Å². The first kappa shape index (κ1) is 11.1. The van der Waals surface area contributed by atoms with Gasteiger partial charge in [-0.2, -0.15) is 0 Å². The second-order valence-corrected chi connectivity index (χ2v) is 4.43. The van der Waals surface area contributed by atoms with Crippen LogP contribution in [0.5, 0.6) is 0 Å². The summed E-state index contributed by atoms with van der Waals surface area (Å²) in [4.78, 5) is 0. The molecule has 1 fully saturated rings. The summed E-state index contributed by atoms with van der Waals surface area (Å²) in [7, 11) is 0. The second-order valence-electron chi connectivity index (χ2n) is 3.61. The zero-order valence-corrected chi connectivity index (χ0v) is 9.81. The van der Waals surface area contributed by atoms with E-state index in [4.69, 9.17) is 27.9 Å². The highest BCUT2D eigenvalue weighted by Gasteiger charge is 2.15. The minimum absolute atomic E-state index is 0.289. The summed E-state index contributed by atoms with van der Waals surface area (Å²) in [5.74, 6) is 0. The van der Waals surface area contributed by atoms with Gasteiger partial charge in [0, 0.05) is 13.2 Å². The third-order valence-corrected chi connectivity index (χ3v) is 3.12. The fourth-order valence-corrected chi connectivity index (χ4v) is 2.22. The van der Waals surface area contributed by atoms with Gasteiger partial charge in [0.25, 0.3) is 0 Å². The standard InChI is InChI=1S/C11H13Cl2NO/c12-9-4-1-5-10(13)11(9)14-7-8-3-2-6-15-8/h1,4-5,8,14H,2-3,6-7H2. The molecule has 4 heteroatoms. The lowest BCUT2D eigenvalue weighted by Crippen LogP contribution is -2.18. The SMILES string of the molecule is Clc1cccc(Cl)c1NCC1CCCO1. The predicted octanol–water partition coefficient (Wildman–Crippen LogP) is 3.58. The van der Waals surface area contributed by atoms with E-state index in [1.165, 1.54) is 0 Å². The Labute approximate surface area is 99.5 Å². The van der Waals surface area contributed by atoms with Crippen molar-refractivity contribution >= 4 is 28.9 Å². The zero-order chi connectivity index (χ0) is 10.7. The molecule has 1 N–H and O–H groups in total. The number of hydrogen-bond acceptors (Lipinski definition) is 2. The van der Waals surface area contributed by atoms with Crippen LogP contribution in [0.15, 0.2) is 18.2 Å². The van der Waals surface area contributed by atoms with Gasteiger partial charge in [-0.3, -0.25) is 0 Å². The molecule has 1 saturated heterocycles. The number of benzene rings is 1. The molecule has 1 atom stereocenters. The number of hydrogen-bond donors (Lipinski definition) is 1. The van der Waals surface area contributed by atoms with Crippen molar-refractivity contribution in [2.75, 3.05) is 18.5 Å². The quantitative estimate of drug-likeness (QED) is 0.879. The van der Waals surface area contributed by atoms with E-state index in [-0.39, 0.29) is 6.10 Å². The summed E-state index contributed by atoms with van der Waals surface area (Å²) >= 11 is 12.1. The highest BCUT2D eigenvalue weighted by molar-refractivity contribution is 6.39. The molecular weight excluding hydrogens is 233 g/mol. The summed E-state index contributed by atoms with van der Waals surface area (Å²) < 4.78 is 5.51. The van der Waals surface area contributed by atoms with Crippen molar-refractivity contribution in [2.45, 2.75) is 18.9 Å². The van der Waals surface area contributed by atoms with Crippen molar-refractivity contribution in [1.29, 1.82) is 0 Å². The van der Waals surface area contributed by atoms with E-state index >= 15 is 0 Å². The molecule has 0 aliphatic carbocycles. The van der Waals surface area contributed by atoms with Crippen LogP contribution in [0.2, 0.25) is 10.0 Å². The second kappa shape index (κ2) is 5.06. The third-order valence-electron chi connectivity index (χ3n) is 2.49. The largest absolute Gasteiger partial charge is 0.380 e. The lowest BCUT2D eigenvalue weighted by atomic mass is 10.2. The number of para-hydroxylation sites is 1. The molecule has 2 rings (SSSR count). The Morgan fingerprint density at radius 1 is 1.33 bits per heavy atom. The average Bonchev–Trinajstić information content (AvgIpc) is 2.70. The number of rotatable bonds is 3. The Morgan fingerprint density at radius 2 is 2.07 bits per heavy atom. The van der Waals surface area contributed by atoms with Crippen LogP contribution in [-0.2, 0) is 4.74 Å². The molecule has 0 aromatic heterocycles. The average molecular weight is 246 g/mol. The fraction of sp³-hybridized carbons (Fsp3) is 0.455. The van der Waals surface area contributed by atoms with Crippen LogP contribution in [0, 0.1) is 0 Å². The van der Waals surface area contributed by atoms with Crippen LogP contribution in [0.1, 0.15) is 12.8 Å². The van der Waals surface area contributed by atoms with Crippen molar-refractivity contribution in [1.82, 2.24) is 0 Å². The maximum atomic E-state index is 6.03. The summed E-state index contributed by atoms with van der Waals surface area (Å²) in [6.45, 7) is 1.63. The third kappa shape index (κ3) is 2.77. The molecule has 15 heavy (non-hydrogen) atoms. The molecule has 1 aliphatic heterocycles. The van der Waals surface area contributed by atoms with Crippen LogP contribution >= 0.6 is 23.2 Å². The summed E-state index contributed by atoms with van der Waals surface area (Å²) in [5.41, 5.74) is 0.802. The van der Waals surface area contributed by atoms with Gasteiger partial charge in [-0.25, -0.2) is 0 Å². The van der Waals surface area contributed by atoms with E-state index in [1.807, 2.05) is 18.2 Å². The van der Waals surface area contributed by atoms with Crippen LogP contribution in [0.25, 0.3) is 0 Å². The highest BCUT2D eigenvalue weighted by Crippen LogP contribution is 2.30. The van der Waals surface area contributed by atoms with Gasteiger partial charge in [0.05, 0.1) is 21.8 Å². The summed E-state index contributed by atoms with van der Waals surface area (Å²) in [6.07, 6.45) is 2.54. The Kier molecular flexibility index (Phi) is 3.73. The lowest BCUT2D eigenvalue weighted by molar-refractivity contribution is 0.120. The summed E-state index contributed by atoms with van der Waals surface area (Å²) in [6, 6.07) is 5.48. The Balaban J connectivity index is 1.97. The van der Waals surface area contributed by atoms with Gasteiger partial charge in [-0.1, -0.05) is 29.3 Å². The van der Waals surface area contributed by atoms with Crippen molar-refractivity contribution in [3.05, 3.63) is 28.2 Å². The number of anilines is 1. The van der Waals surface area contributed by atoms with E-state index in [1.54, 1.807) is 0 Å². The minimum atomic E-state index is 0.289. The van der Waals surface area contributed by atoms with E-state index in [0.717, 1.165) is 31.7 Å². The number of ether oxygens (including phenoxy) is 1. The lowest BCUT2D eigenvalue weighted by Gasteiger charge is -2.14. The molecule has 0 bridgehead atoms. The van der Waals surface area contributed by atoms with Crippen LogP contribution in [0.3, 0.4) is 0 Å². The van der Waals surface area contributed by atoms with Crippen molar-refractivity contribution in [2.24, 2.45) is 0 Å². The Bertz CT molecular complexity index is 317. The molecule has 0 radical (unpaired) electrons. The number of halogens is 2. The number of nitrogens with one attached hydrogen (secondary N) is 1. The first-order valence-electron chi connectivity index (χ1n) is 5.07. The summed E-state index contributed by atoms with van der Waals surface area (Å²) in [5, 5.41) is 4.54. The fourth-order valence-electron chi connectivity index (χ4n) is 1.69. The molecule has 1 aromatic carbocycles. The van der Waals surface area contributed by atoms with E-state index in [0.29, 0.717) is 10.0 Å². The maximum Gasteiger partial charge on any atom is 0.0748 e. The van der Waals surface area contributed by atoms with Crippen molar-refractivity contribution in [3.8, 4) is 0 Å². The Hall–Kier alpha value is -0.440. The molecule has 0 spiro atoms. The molecule has 1 aliphatic rings. The monoisotopic (exact) mass is 245 g/mol. The van der Waals surface area contributed by atoms with Gasteiger partial charge in [0.1, 0.15) is 0 Å². The Morgan fingerprint density at radius 3 is 2.67 bits per heavy atom. The van der Waals surface area contributed by atoms with Gasteiger partial charge in [-0.15, -0.1) is 0 Å². The van der Waals surface area contributed by atoms with E-state index < -0.39 is 0 Å². The van der Waals surface area contributed by atoms with Gasteiger partial charge < -0.3 is 10.1 Å². The molecule has 1 unspecified atom stereocenters. The smallest absolute Gasteiger partial charge is 0.0748 e. The maximum absolute atomic E-state index is 6.03. The van der Waals surface area contributed by atoms with Gasteiger partial charge in [0.2, 0.25) is 0 Å².